The first-order valence-electron chi connectivity index (χ1n) is 10.3. The summed E-state index contributed by atoms with van der Waals surface area (Å²) >= 11 is 1.32. The predicted octanol–water partition coefficient (Wildman–Crippen LogP) is 2.43. The summed E-state index contributed by atoms with van der Waals surface area (Å²) in [6, 6.07) is 5.22. The zero-order valence-corrected chi connectivity index (χ0v) is 19.4. The summed E-state index contributed by atoms with van der Waals surface area (Å²) in [5.41, 5.74) is 2.61. The van der Waals surface area contributed by atoms with Gasteiger partial charge in [0.2, 0.25) is 5.91 Å². The van der Waals surface area contributed by atoms with E-state index < -0.39 is 0 Å². The molecule has 0 unspecified atom stereocenters. The highest BCUT2D eigenvalue weighted by atomic mass is 32.2. The van der Waals surface area contributed by atoms with Gasteiger partial charge in [-0.1, -0.05) is 11.8 Å². The third-order valence-corrected chi connectivity index (χ3v) is 6.21. The maximum Gasteiger partial charge on any atom is 0.348 e. The number of nitrogens with zero attached hydrogens (tertiary/aromatic N) is 3. The third-order valence-electron chi connectivity index (χ3n) is 5.20. The van der Waals surface area contributed by atoms with Gasteiger partial charge in [-0.05, 0) is 58.5 Å². The molecule has 1 aromatic heterocycles. The Bertz CT molecular complexity index is 990. The Morgan fingerprint density at radius 1 is 1.23 bits per heavy atom. The normalized spacial score (nSPS) is 12.7. The highest BCUT2D eigenvalue weighted by Gasteiger charge is 2.22. The largest absolute Gasteiger partial charge is 0.493 e. The Balaban J connectivity index is 1.66. The van der Waals surface area contributed by atoms with Crippen molar-refractivity contribution in [3.63, 3.8) is 0 Å². The van der Waals surface area contributed by atoms with Crippen molar-refractivity contribution >= 4 is 23.4 Å². The monoisotopic (exact) mass is 446 g/mol. The van der Waals surface area contributed by atoms with Crippen LogP contribution in [0.3, 0.4) is 0 Å². The van der Waals surface area contributed by atoms with Crippen LogP contribution in [0, 0.1) is 0 Å². The van der Waals surface area contributed by atoms with Crippen molar-refractivity contribution in [2.45, 2.75) is 37.3 Å². The number of nitrogens with one attached hydrogen (secondary N) is 1. The lowest BCUT2D eigenvalue weighted by Crippen LogP contribution is -2.29. The van der Waals surface area contributed by atoms with Gasteiger partial charge < -0.3 is 19.7 Å². The van der Waals surface area contributed by atoms with Gasteiger partial charge in [0.25, 0.3) is 0 Å². The zero-order valence-electron chi connectivity index (χ0n) is 18.6. The molecule has 1 N–H and O–H groups in total. The smallest absolute Gasteiger partial charge is 0.348 e. The molecule has 0 bridgehead atoms. The summed E-state index contributed by atoms with van der Waals surface area (Å²) in [5.74, 6) is 1.16. The van der Waals surface area contributed by atoms with Crippen LogP contribution >= 0.6 is 11.8 Å². The van der Waals surface area contributed by atoms with Gasteiger partial charge in [0.1, 0.15) is 5.03 Å². The lowest BCUT2D eigenvalue weighted by molar-refractivity contribution is -0.113. The Morgan fingerprint density at radius 2 is 2.00 bits per heavy atom. The number of carbonyl (C=O) groups is 1. The van der Waals surface area contributed by atoms with Crippen LogP contribution in [0.15, 0.2) is 28.0 Å². The van der Waals surface area contributed by atoms with E-state index in [-0.39, 0.29) is 17.3 Å². The van der Waals surface area contributed by atoms with Gasteiger partial charge >= 0.3 is 5.69 Å². The molecule has 168 valence electrons. The number of hydrogen-bond acceptors (Lipinski definition) is 7. The second-order valence-electron chi connectivity index (χ2n) is 7.69. The van der Waals surface area contributed by atoms with Crippen molar-refractivity contribution in [2.24, 2.45) is 0 Å². The number of thioether (sulfide) groups is 1. The number of aromatic nitrogens is 2. The van der Waals surface area contributed by atoms with E-state index in [9.17, 15) is 9.59 Å². The quantitative estimate of drug-likeness (QED) is 0.443. The van der Waals surface area contributed by atoms with Crippen LogP contribution in [0.4, 0.5) is 5.69 Å². The van der Waals surface area contributed by atoms with Gasteiger partial charge in [0.15, 0.2) is 11.5 Å². The molecule has 1 amide bonds. The molecule has 9 heteroatoms. The second-order valence-corrected chi connectivity index (χ2v) is 8.66. The fourth-order valence-corrected chi connectivity index (χ4v) is 4.60. The second kappa shape index (κ2) is 10.7. The molecule has 0 spiro atoms. The zero-order chi connectivity index (χ0) is 22.4. The molecule has 1 aliphatic rings. The molecule has 1 heterocycles. The Labute approximate surface area is 186 Å². The molecule has 0 saturated carbocycles. The van der Waals surface area contributed by atoms with Crippen LogP contribution in [0.2, 0.25) is 0 Å². The number of anilines is 1. The molecule has 0 saturated heterocycles. The van der Waals surface area contributed by atoms with Crippen LogP contribution in [-0.2, 0) is 24.2 Å². The number of rotatable bonds is 10. The van der Waals surface area contributed by atoms with Gasteiger partial charge in [-0.25, -0.2) is 4.79 Å². The Morgan fingerprint density at radius 3 is 2.71 bits per heavy atom. The van der Waals surface area contributed by atoms with Crippen LogP contribution in [0.1, 0.15) is 24.1 Å². The van der Waals surface area contributed by atoms with E-state index in [0.717, 1.165) is 43.5 Å². The van der Waals surface area contributed by atoms with Crippen molar-refractivity contribution in [3.8, 4) is 11.5 Å². The summed E-state index contributed by atoms with van der Waals surface area (Å²) < 4.78 is 12.3. The molecule has 2 aromatic rings. The van der Waals surface area contributed by atoms with E-state index in [1.54, 1.807) is 32.4 Å². The number of benzene rings is 1. The average molecular weight is 447 g/mol. The summed E-state index contributed by atoms with van der Waals surface area (Å²) in [5, 5.41) is 3.54. The summed E-state index contributed by atoms with van der Waals surface area (Å²) in [6.07, 6.45) is 3.71. The minimum Gasteiger partial charge on any atom is -0.493 e. The molecule has 8 nitrogen and oxygen atoms in total. The minimum atomic E-state index is -0.220. The number of fused-ring (bicyclic) bond motifs is 1. The predicted molar refractivity (Wildman–Crippen MR) is 123 cm³/mol. The van der Waals surface area contributed by atoms with Crippen LogP contribution < -0.4 is 20.5 Å². The lowest BCUT2D eigenvalue weighted by atomic mass is 10.2. The Hall–Kier alpha value is -2.52. The molecule has 3 rings (SSSR count). The van der Waals surface area contributed by atoms with E-state index in [0.29, 0.717) is 28.8 Å². The van der Waals surface area contributed by atoms with Crippen LogP contribution in [0.5, 0.6) is 11.5 Å². The van der Waals surface area contributed by atoms with Gasteiger partial charge in [-0.2, -0.15) is 4.98 Å². The van der Waals surface area contributed by atoms with Gasteiger partial charge in [0.05, 0.1) is 20.0 Å². The van der Waals surface area contributed by atoms with Crippen molar-refractivity contribution in [1.82, 2.24) is 14.5 Å². The van der Waals surface area contributed by atoms with E-state index in [1.165, 1.54) is 11.8 Å². The van der Waals surface area contributed by atoms with Crippen molar-refractivity contribution in [2.75, 3.05) is 45.9 Å². The lowest BCUT2D eigenvalue weighted by Gasteiger charge is -2.15. The third kappa shape index (κ3) is 5.80. The first-order chi connectivity index (χ1) is 14.9. The Kier molecular flexibility index (Phi) is 7.97. The number of methoxy groups -OCH3 is 2. The van der Waals surface area contributed by atoms with E-state index >= 15 is 0 Å². The van der Waals surface area contributed by atoms with Crippen molar-refractivity contribution in [3.05, 3.63) is 39.9 Å². The van der Waals surface area contributed by atoms with Gasteiger partial charge in [0, 0.05) is 29.6 Å². The minimum absolute atomic E-state index is 0.166. The fourth-order valence-electron chi connectivity index (χ4n) is 3.73. The number of hydrogen-bond donors (Lipinski definition) is 1. The van der Waals surface area contributed by atoms with Gasteiger partial charge in [-0.3, -0.25) is 9.36 Å². The maximum atomic E-state index is 12.6. The first-order valence-corrected chi connectivity index (χ1v) is 11.3. The van der Waals surface area contributed by atoms with Crippen LogP contribution in [-0.4, -0.2) is 61.0 Å². The number of ether oxygens (including phenoxy) is 2. The first kappa shape index (κ1) is 23.1. The summed E-state index contributed by atoms with van der Waals surface area (Å²) in [4.78, 5) is 31.5. The standard InChI is InChI=1S/C22H30N4O4S/c1-25(2)11-6-12-26-17-8-5-7-16(17)21(24-22(26)28)31-14-20(27)23-15-9-10-18(29-3)19(13-15)30-4/h9-10,13H,5-8,11-12,14H2,1-4H3,(H,23,27). The topological polar surface area (TPSA) is 85.7 Å². The van der Waals surface area contributed by atoms with Crippen molar-refractivity contribution < 1.29 is 14.3 Å². The highest BCUT2D eigenvalue weighted by molar-refractivity contribution is 8.00. The summed E-state index contributed by atoms with van der Waals surface area (Å²) in [6.45, 7) is 1.60. The molecular weight excluding hydrogens is 416 g/mol. The molecule has 0 fully saturated rings. The number of amides is 1. The van der Waals surface area contributed by atoms with E-state index in [2.05, 4.69) is 15.2 Å². The molecule has 0 aliphatic heterocycles. The fraction of sp³-hybridized carbons (Fsp3) is 0.500. The van der Waals surface area contributed by atoms with Crippen LogP contribution in [0.25, 0.3) is 0 Å². The SMILES string of the molecule is COc1ccc(NC(=O)CSc2nc(=O)n(CCCN(C)C)c3c2CCC3)cc1OC. The van der Waals surface area contributed by atoms with Gasteiger partial charge in [-0.15, -0.1) is 0 Å². The van der Waals surface area contributed by atoms with E-state index in [1.807, 2.05) is 18.7 Å². The van der Waals surface area contributed by atoms with Crippen molar-refractivity contribution in [1.29, 1.82) is 0 Å². The highest BCUT2D eigenvalue weighted by Crippen LogP contribution is 2.31. The molecule has 1 aliphatic carbocycles. The van der Waals surface area contributed by atoms with E-state index in [4.69, 9.17) is 9.47 Å². The molecule has 0 atom stereocenters. The maximum absolute atomic E-state index is 12.6. The molecule has 1 aromatic carbocycles. The molecular formula is C22H30N4O4S. The molecule has 31 heavy (non-hydrogen) atoms. The molecule has 0 radical (unpaired) electrons. The average Bonchev–Trinajstić information content (AvgIpc) is 3.23. The number of carbonyl (C=O) groups excluding carboxylic acids is 1. The summed E-state index contributed by atoms with van der Waals surface area (Å²) in [7, 11) is 7.17.